The van der Waals surface area contributed by atoms with Gasteiger partial charge in [0.15, 0.2) is 0 Å². The maximum atomic E-state index is 12.8. The summed E-state index contributed by atoms with van der Waals surface area (Å²) in [6.45, 7) is 1.76. The molecular formula is C21H16N2O6S. The van der Waals surface area contributed by atoms with Crippen LogP contribution in [-0.4, -0.2) is 24.1 Å². The number of carboxylic acids is 1. The Morgan fingerprint density at radius 3 is 2.60 bits per heavy atom. The maximum absolute atomic E-state index is 12.8. The van der Waals surface area contributed by atoms with Crippen LogP contribution in [0, 0.1) is 6.92 Å². The van der Waals surface area contributed by atoms with Gasteiger partial charge in [0.2, 0.25) is 0 Å². The number of aryl methyl sites for hydroxylation is 1. The molecule has 0 spiro atoms. The number of benzene rings is 2. The van der Waals surface area contributed by atoms with E-state index in [2.05, 4.69) is 4.72 Å². The van der Waals surface area contributed by atoms with Gasteiger partial charge in [-0.2, -0.15) is 0 Å². The summed E-state index contributed by atoms with van der Waals surface area (Å²) in [5, 5.41) is 9.78. The van der Waals surface area contributed by atoms with Crippen LogP contribution in [0.1, 0.15) is 16.1 Å². The third-order valence-electron chi connectivity index (χ3n) is 4.58. The molecule has 30 heavy (non-hydrogen) atoms. The van der Waals surface area contributed by atoms with Crippen molar-refractivity contribution in [3.05, 3.63) is 88.5 Å². The number of aromatic nitrogens is 1. The van der Waals surface area contributed by atoms with Gasteiger partial charge in [-0.15, -0.1) is 0 Å². The minimum atomic E-state index is -3.89. The Bertz CT molecular complexity index is 1450. The number of fused-ring (bicyclic) bond motifs is 1. The Balaban J connectivity index is 1.66. The molecule has 0 unspecified atom stereocenters. The first-order valence-electron chi connectivity index (χ1n) is 8.83. The van der Waals surface area contributed by atoms with Crippen LogP contribution in [0.4, 0.5) is 5.69 Å². The van der Waals surface area contributed by atoms with Crippen LogP contribution in [0.5, 0.6) is 0 Å². The number of hydrogen-bond donors (Lipinski definition) is 2. The first-order valence-corrected chi connectivity index (χ1v) is 10.3. The molecule has 2 heterocycles. The number of aromatic carboxylic acids is 1. The largest absolute Gasteiger partial charge is 0.477 e. The minimum Gasteiger partial charge on any atom is -0.477 e. The Morgan fingerprint density at radius 2 is 1.87 bits per heavy atom. The summed E-state index contributed by atoms with van der Waals surface area (Å²) < 4.78 is 34.6. The van der Waals surface area contributed by atoms with Crippen LogP contribution in [0.15, 0.2) is 81.0 Å². The number of nitrogens with one attached hydrogen (secondary N) is 1. The van der Waals surface area contributed by atoms with Gasteiger partial charge in [-0.25, -0.2) is 18.0 Å². The summed E-state index contributed by atoms with van der Waals surface area (Å²) in [7, 11) is -3.89. The van der Waals surface area contributed by atoms with E-state index in [0.29, 0.717) is 27.9 Å². The van der Waals surface area contributed by atoms with E-state index < -0.39 is 21.6 Å². The molecule has 4 rings (SSSR count). The van der Waals surface area contributed by atoms with Crippen LogP contribution in [0.3, 0.4) is 0 Å². The van der Waals surface area contributed by atoms with Crippen molar-refractivity contribution in [1.29, 1.82) is 0 Å². The SMILES string of the molecule is Cc1cc(NS(=O)(=O)c2ccc3oc(=O)ccc3c2)ccc1-n1cccc1C(=O)O. The van der Waals surface area contributed by atoms with Gasteiger partial charge in [0, 0.05) is 29.0 Å². The van der Waals surface area contributed by atoms with E-state index >= 15 is 0 Å². The second-order valence-corrected chi connectivity index (χ2v) is 8.31. The lowest BCUT2D eigenvalue weighted by molar-refractivity contribution is 0.0688. The molecule has 2 N–H and O–H groups in total. The summed E-state index contributed by atoms with van der Waals surface area (Å²) in [5.41, 5.74) is 1.53. The normalized spacial score (nSPS) is 11.5. The zero-order valence-corrected chi connectivity index (χ0v) is 16.5. The van der Waals surface area contributed by atoms with Crippen LogP contribution in [0.2, 0.25) is 0 Å². The monoisotopic (exact) mass is 424 g/mol. The molecule has 2 aromatic carbocycles. The second kappa shape index (κ2) is 7.20. The third kappa shape index (κ3) is 3.58. The molecule has 0 amide bonds. The van der Waals surface area contributed by atoms with E-state index in [1.54, 1.807) is 37.4 Å². The molecule has 9 heteroatoms. The van der Waals surface area contributed by atoms with E-state index in [1.165, 1.54) is 41.0 Å². The van der Waals surface area contributed by atoms with Gasteiger partial charge in [0.1, 0.15) is 11.3 Å². The molecule has 4 aromatic rings. The van der Waals surface area contributed by atoms with Gasteiger partial charge >= 0.3 is 11.6 Å². The number of anilines is 1. The smallest absolute Gasteiger partial charge is 0.352 e. The molecule has 0 radical (unpaired) electrons. The molecule has 0 saturated heterocycles. The van der Waals surface area contributed by atoms with Gasteiger partial charge in [-0.05, 0) is 67.1 Å². The third-order valence-corrected chi connectivity index (χ3v) is 5.96. The summed E-state index contributed by atoms with van der Waals surface area (Å²) in [4.78, 5) is 22.6. The van der Waals surface area contributed by atoms with Crippen molar-refractivity contribution in [1.82, 2.24) is 4.57 Å². The first-order chi connectivity index (χ1) is 14.2. The van der Waals surface area contributed by atoms with Crippen molar-refractivity contribution in [2.45, 2.75) is 11.8 Å². The quantitative estimate of drug-likeness (QED) is 0.474. The highest BCUT2D eigenvalue weighted by Crippen LogP contribution is 2.24. The van der Waals surface area contributed by atoms with Crippen molar-refractivity contribution in [3.63, 3.8) is 0 Å². The Kier molecular flexibility index (Phi) is 4.67. The van der Waals surface area contributed by atoms with Crippen LogP contribution in [0.25, 0.3) is 16.7 Å². The number of sulfonamides is 1. The number of hydrogen-bond acceptors (Lipinski definition) is 5. The molecule has 0 atom stereocenters. The van der Waals surface area contributed by atoms with Crippen molar-refractivity contribution in [2.24, 2.45) is 0 Å². The first kappa shape index (κ1) is 19.5. The van der Waals surface area contributed by atoms with Crippen LogP contribution in [-0.2, 0) is 10.0 Å². The zero-order valence-electron chi connectivity index (χ0n) is 15.7. The Labute approximate surface area is 171 Å². The number of rotatable bonds is 5. The summed E-state index contributed by atoms with van der Waals surface area (Å²) >= 11 is 0. The van der Waals surface area contributed by atoms with Crippen molar-refractivity contribution < 1.29 is 22.7 Å². The molecule has 0 aliphatic carbocycles. The van der Waals surface area contributed by atoms with E-state index in [0.717, 1.165) is 0 Å². The van der Waals surface area contributed by atoms with Crippen molar-refractivity contribution in [3.8, 4) is 5.69 Å². The summed E-state index contributed by atoms with van der Waals surface area (Å²) in [6, 6.07) is 14.9. The van der Waals surface area contributed by atoms with Crippen LogP contribution < -0.4 is 10.3 Å². The predicted octanol–water partition coefficient (Wildman–Crippen LogP) is 3.39. The van der Waals surface area contributed by atoms with Gasteiger partial charge in [-0.1, -0.05) is 0 Å². The lowest BCUT2D eigenvalue weighted by Crippen LogP contribution is -2.13. The van der Waals surface area contributed by atoms with Gasteiger partial charge < -0.3 is 14.1 Å². The molecular weight excluding hydrogens is 408 g/mol. The Morgan fingerprint density at radius 1 is 1.07 bits per heavy atom. The lowest BCUT2D eigenvalue weighted by Gasteiger charge is -2.13. The fraction of sp³-hybridized carbons (Fsp3) is 0.0476. The number of carboxylic acid groups (broad SMARTS) is 1. The zero-order chi connectivity index (χ0) is 21.5. The highest BCUT2D eigenvalue weighted by Gasteiger charge is 2.17. The molecule has 2 aromatic heterocycles. The van der Waals surface area contributed by atoms with E-state index in [9.17, 15) is 23.1 Å². The fourth-order valence-corrected chi connectivity index (χ4v) is 4.27. The summed E-state index contributed by atoms with van der Waals surface area (Å²) in [6.07, 6.45) is 1.63. The lowest BCUT2D eigenvalue weighted by atomic mass is 10.1. The molecule has 0 saturated carbocycles. The average Bonchev–Trinajstić information content (AvgIpc) is 3.17. The summed E-state index contributed by atoms with van der Waals surface area (Å²) in [5.74, 6) is -1.06. The van der Waals surface area contributed by atoms with Gasteiger partial charge in [-0.3, -0.25) is 4.72 Å². The molecule has 0 aliphatic rings. The van der Waals surface area contributed by atoms with Crippen LogP contribution >= 0.6 is 0 Å². The average molecular weight is 424 g/mol. The molecule has 8 nitrogen and oxygen atoms in total. The highest BCUT2D eigenvalue weighted by molar-refractivity contribution is 7.92. The van der Waals surface area contributed by atoms with E-state index in [4.69, 9.17) is 4.42 Å². The maximum Gasteiger partial charge on any atom is 0.352 e. The second-order valence-electron chi connectivity index (χ2n) is 6.63. The predicted molar refractivity (Wildman–Crippen MR) is 111 cm³/mol. The molecule has 152 valence electrons. The minimum absolute atomic E-state index is 0.0177. The highest BCUT2D eigenvalue weighted by atomic mass is 32.2. The number of carbonyl (C=O) groups is 1. The number of nitrogens with zero attached hydrogens (tertiary/aromatic N) is 1. The van der Waals surface area contributed by atoms with Crippen molar-refractivity contribution >= 4 is 32.6 Å². The Hall–Kier alpha value is -3.85. The van der Waals surface area contributed by atoms with E-state index in [1.807, 2.05) is 0 Å². The topological polar surface area (TPSA) is 119 Å². The van der Waals surface area contributed by atoms with E-state index in [-0.39, 0.29) is 10.6 Å². The fourth-order valence-electron chi connectivity index (χ4n) is 3.19. The molecule has 0 fully saturated rings. The molecule has 0 bridgehead atoms. The molecule has 0 aliphatic heterocycles. The standard InChI is InChI=1S/C21H16N2O6S/c1-13-11-15(5-7-17(13)23-10-2-3-18(23)21(25)26)22-30(27,28)16-6-8-19-14(12-16)4-9-20(24)29-19/h2-12,22H,1H3,(H,25,26). The van der Waals surface area contributed by atoms with Gasteiger partial charge in [0.05, 0.1) is 4.90 Å². The van der Waals surface area contributed by atoms with Crippen molar-refractivity contribution in [2.75, 3.05) is 4.72 Å². The van der Waals surface area contributed by atoms with Gasteiger partial charge in [0.25, 0.3) is 10.0 Å².